The molecule has 0 aromatic heterocycles. The van der Waals surface area contributed by atoms with Crippen LogP contribution in [-0.2, 0) is 42.2 Å². The summed E-state index contributed by atoms with van der Waals surface area (Å²) in [6.07, 6.45) is 71.6. The molecule has 0 bridgehead atoms. The lowest BCUT2D eigenvalue weighted by atomic mass is 10.1. The van der Waals surface area contributed by atoms with E-state index in [-0.39, 0.29) is 19.3 Å². The average Bonchev–Trinajstić information content (AvgIpc) is 3.41. The molecule has 0 fully saturated rings. The number of unbranched alkanes of at least 4 members (excludes halogenated alkanes) is 14. The summed E-state index contributed by atoms with van der Waals surface area (Å²) < 4.78 is 39.4. The smallest absolute Gasteiger partial charge is 0.461 e. The first-order chi connectivity index (χ1) is 37.2. The summed E-state index contributed by atoms with van der Waals surface area (Å²) in [6, 6.07) is 0. The van der Waals surface area contributed by atoms with Gasteiger partial charge in [0.25, 0.3) is 0 Å². The van der Waals surface area contributed by atoms with Crippen molar-refractivity contribution in [3.05, 3.63) is 134 Å². The predicted molar refractivity (Wildman–Crippen MR) is 316 cm³/mol. The molecule has 0 heterocycles. The summed E-state index contributed by atoms with van der Waals surface area (Å²) in [7, 11) is -4.79. The fourth-order valence-electron chi connectivity index (χ4n) is 7.21. The lowest BCUT2D eigenvalue weighted by Crippen LogP contribution is -2.30. The Labute approximate surface area is 461 Å². The molecule has 0 aromatic rings. The van der Waals surface area contributed by atoms with Gasteiger partial charge in [-0.05, 0) is 116 Å². The molecule has 3 atom stereocenters. The van der Waals surface area contributed by atoms with Crippen LogP contribution in [-0.4, -0.2) is 66.5 Å². The highest BCUT2D eigenvalue weighted by Crippen LogP contribution is 2.43. The molecule has 0 aliphatic carbocycles. The second-order valence-electron chi connectivity index (χ2n) is 18.7. The number of carbonyl (C=O) groups excluding carboxylic acids is 3. The van der Waals surface area contributed by atoms with Crippen LogP contribution in [0.25, 0.3) is 0 Å². The number of phosphoric acid groups is 1. The van der Waals surface area contributed by atoms with Crippen molar-refractivity contribution in [2.24, 2.45) is 0 Å². The zero-order chi connectivity index (χ0) is 55.5. The van der Waals surface area contributed by atoms with Gasteiger partial charge in [-0.25, -0.2) is 4.57 Å². The van der Waals surface area contributed by atoms with E-state index in [1.807, 2.05) is 12.2 Å². The van der Waals surface area contributed by atoms with Gasteiger partial charge in [0.1, 0.15) is 12.7 Å². The Morgan fingerprint density at radius 3 is 1.14 bits per heavy atom. The second-order valence-corrected chi connectivity index (χ2v) is 20.2. The highest BCUT2D eigenvalue weighted by atomic mass is 31.2. The van der Waals surface area contributed by atoms with Gasteiger partial charge in [0.05, 0.1) is 26.2 Å². The zero-order valence-electron chi connectivity index (χ0n) is 47.4. The van der Waals surface area contributed by atoms with Gasteiger partial charge in [-0.3, -0.25) is 23.4 Å². The Morgan fingerprint density at radius 2 is 0.724 bits per heavy atom. The van der Waals surface area contributed by atoms with E-state index in [4.69, 9.17) is 23.3 Å². The molecule has 0 saturated heterocycles. The van der Waals surface area contributed by atoms with E-state index in [0.717, 1.165) is 103 Å². The van der Waals surface area contributed by atoms with Gasteiger partial charge in [-0.2, -0.15) is 0 Å². The van der Waals surface area contributed by atoms with Crippen LogP contribution in [0.2, 0.25) is 0 Å². The number of rotatable bonds is 52. The van der Waals surface area contributed by atoms with Crippen molar-refractivity contribution in [3.8, 4) is 0 Å². The fraction of sp³-hybridized carbons (Fsp3) is 0.609. The Kier molecular flexibility index (Phi) is 53.5. The molecule has 12 heteroatoms. The lowest BCUT2D eigenvalue weighted by Gasteiger charge is -2.21. The molecule has 0 saturated carbocycles. The fourth-order valence-corrected chi connectivity index (χ4v) is 8.00. The van der Waals surface area contributed by atoms with Crippen molar-refractivity contribution in [2.75, 3.05) is 26.4 Å². The molecule has 2 N–H and O–H groups in total. The van der Waals surface area contributed by atoms with Crippen LogP contribution in [0.3, 0.4) is 0 Å². The average molecular weight is 1080 g/mol. The summed E-state index contributed by atoms with van der Waals surface area (Å²) in [5, 5.41) is 9.81. The quantitative estimate of drug-likeness (QED) is 0.0197. The summed E-state index contributed by atoms with van der Waals surface area (Å²) in [4.78, 5) is 48.5. The van der Waals surface area contributed by atoms with E-state index >= 15 is 0 Å². The van der Waals surface area contributed by atoms with Gasteiger partial charge in [-0.15, -0.1) is 0 Å². The van der Waals surface area contributed by atoms with Crippen LogP contribution in [0.15, 0.2) is 134 Å². The van der Waals surface area contributed by atoms with Gasteiger partial charge in [0, 0.05) is 12.8 Å². The second kappa shape index (κ2) is 56.8. The minimum atomic E-state index is -4.79. The van der Waals surface area contributed by atoms with Crippen molar-refractivity contribution >= 4 is 25.7 Å². The van der Waals surface area contributed by atoms with Crippen molar-refractivity contribution < 1.29 is 52.2 Å². The van der Waals surface area contributed by atoms with Crippen LogP contribution in [0.5, 0.6) is 0 Å². The summed E-state index contributed by atoms with van der Waals surface area (Å²) in [6.45, 7) is 4.21. The van der Waals surface area contributed by atoms with Crippen molar-refractivity contribution in [1.29, 1.82) is 0 Å². The molecule has 3 unspecified atom stereocenters. The number of hydrogen-bond donors (Lipinski definition) is 2. The molecule has 0 aliphatic heterocycles. The zero-order valence-corrected chi connectivity index (χ0v) is 48.3. The van der Waals surface area contributed by atoms with E-state index in [9.17, 15) is 28.9 Å². The standard InChI is InChI=1S/C64H103O11P/c1-4-7-10-13-16-19-22-25-28-29-30-31-34-37-40-43-46-49-52-55-64(68)75-61(57-71-62(66)53-50-47-44-41-38-35-32-26-23-20-17-14-11-8-5-2)59-73-76(69,70)72-58-60(56-65)74-63(67)54-51-48-45-42-39-36-33-27-24-21-18-15-12-9-6-3/h8-9,11-12,16-21,25-28,32-33,38-39,41-42,47,50,60-61,65H,4-7,10,13-15,22-24,29-31,34-37,40,43-46,48-49,51-59H2,1-3H3,(H,69,70)/b11-8-,12-9-,19-16-,20-17-,21-18-,28-25-,32-26-,33-27-,41-38-,42-39-,50-47-. The molecular formula is C64H103O11P. The maximum Gasteiger partial charge on any atom is 0.472 e. The van der Waals surface area contributed by atoms with Gasteiger partial charge < -0.3 is 24.2 Å². The number of phosphoric ester groups is 1. The van der Waals surface area contributed by atoms with Gasteiger partial charge in [0.15, 0.2) is 6.10 Å². The van der Waals surface area contributed by atoms with Crippen LogP contribution in [0.4, 0.5) is 0 Å². The molecule has 0 spiro atoms. The molecule has 0 rings (SSSR count). The molecule has 0 aliphatic rings. The van der Waals surface area contributed by atoms with Crippen molar-refractivity contribution in [1.82, 2.24) is 0 Å². The Hall–Kier alpha value is -4.38. The van der Waals surface area contributed by atoms with Crippen molar-refractivity contribution in [2.45, 2.75) is 226 Å². The molecule has 0 amide bonds. The number of esters is 3. The Bertz CT molecular complexity index is 1780. The first kappa shape index (κ1) is 71.6. The maximum absolute atomic E-state index is 12.9. The van der Waals surface area contributed by atoms with E-state index in [0.29, 0.717) is 19.3 Å². The number of hydrogen-bond acceptors (Lipinski definition) is 10. The van der Waals surface area contributed by atoms with Crippen molar-refractivity contribution in [3.63, 3.8) is 0 Å². The largest absolute Gasteiger partial charge is 0.472 e. The van der Waals surface area contributed by atoms with Crippen LogP contribution in [0.1, 0.15) is 213 Å². The van der Waals surface area contributed by atoms with Crippen LogP contribution < -0.4 is 0 Å². The third kappa shape index (κ3) is 54.4. The summed E-state index contributed by atoms with van der Waals surface area (Å²) in [5.41, 5.74) is 0. The van der Waals surface area contributed by atoms with Gasteiger partial charge >= 0.3 is 25.7 Å². The van der Waals surface area contributed by atoms with E-state index in [2.05, 4.69) is 136 Å². The molecule has 11 nitrogen and oxygen atoms in total. The normalized spacial score (nSPS) is 14.3. The molecule has 0 aromatic carbocycles. The summed E-state index contributed by atoms with van der Waals surface area (Å²) >= 11 is 0. The predicted octanol–water partition coefficient (Wildman–Crippen LogP) is 17.4. The third-order valence-electron chi connectivity index (χ3n) is 11.6. The molecular weight excluding hydrogens is 976 g/mol. The molecule has 430 valence electrons. The minimum absolute atomic E-state index is 0.0160. The summed E-state index contributed by atoms with van der Waals surface area (Å²) in [5.74, 6) is -1.68. The topological polar surface area (TPSA) is 155 Å². The van der Waals surface area contributed by atoms with Gasteiger partial charge in [0.2, 0.25) is 0 Å². The van der Waals surface area contributed by atoms with Crippen LogP contribution >= 0.6 is 7.82 Å². The van der Waals surface area contributed by atoms with E-state index in [1.54, 1.807) is 6.08 Å². The van der Waals surface area contributed by atoms with E-state index in [1.165, 1.54) is 51.4 Å². The van der Waals surface area contributed by atoms with Gasteiger partial charge in [-0.1, -0.05) is 212 Å². The highest BCUT2D eigenvalue weighted by molar-refractivity contribution is 7.47. The number of carbonyl (C=O) groups is 3. The Morgan fingerprint density at radius 1 is 0.395 bits per heavy atom. The minimum Gasteiger partial charge on any atom is -0.461 e. The highest BCUT2D eigenvalue weighted by Gasteiger charge is 2.28. The lowest BCUT2D eigenvalue weighted by molar-refractivity contribution is -0.161. The number of aliphatic hydroxyl groups is 1. The molecule has 0 radical (unpaired) electrons. The maximum atomic E-state index is 12.9. The monoisotopic (exact) mass is 1080 g/mol. The van der Waals surface area contributed by atoms with Crippen LogP contribution in [0, 0.1) is 0 Å². The SMILES string of the molecule is CC/C=C\C/C=C\C/C=C\C/C=C\C/C=C\CC(=O)OCC(COP(=O)(O)OCC(CO)OC(=O)CCCC/C=C\C/C=C\C/C=C\C/C=C\CC)OC(=O)CCCCCCCCCCC/C=C\C/C=C\CCCCC. The number of ether oxygens (including phenoxy) is 3. The first-order valence-electron chi connectivity index (χ1n) is 29.1. The Balaban J connectivity index is 4.88. The third-order valence-corrected chi connectivity index (χ3v) is 12.5. The number of aliphatic hydroxyl groups excluding tert-OH is 1. The molecule has 76 heavy (non-hydrogen) atoms. The van der Waals surface area contributed by atoms with E-state index < -0.39 is 64.4 Å². The number of allylic oxidation sites excluding steroid dienone is 21. The first-order valence-corrected chi connectivity index (χ1v) is 30.6.